The van der Waals surface area contributed by atoms with Gasteiger partial charge in [0.1, 0.15) is 12.0 Å². The SMILES string of the molecule is CC(C)(C)[Si](OC1CN(c2nc(C(=O)C3CCN3)co2)C1)(c1ccccc1)c1ccccc1. The summed E-state index contributed by atoms with van der Waals surface area (Å²) in [4.78, 5) is 18.9. The van der Waals surface area contributed by atoms with Crippen molar-refractivity contribution in [2.24, 2.45) is 0 Å². The number of aromatic nitrogens is 1. The number of nitrogens with zero attached hydrogens (tertiary/aromatic N) is 2. The third kappa shape index (κ3) is 3.94. The molecule has 1 N–H and O–H groups in total. The van der Waals surface area contributed by atoms with Crippen LogP contribution in [-0.2, 0) is 4.43 Å². The molecule has 0 spiro atoms. The molecule has 2 saturated heterocycles. The number of Topliss-reactive ketones (excluding diaryl/α,β-unsaturated/α-hetero) is 1. The van der Waals surface area contributed by atoms with E-state index in [-0.39, 0.29) is 23.0 Å². The Balaban J connectivity index is 1.37. The second kappa shape index (κ2) is 8.55. The smallest absolute Gasteiger partial charge is 0.298 e. The standard InChI is InChI=1S/C26H31N3O3Si/c1-26(2,3)33(20-10-6-4-7-11-20,21-12-8-5-9-13-21)32-19-16-29(17-19)25-28-23(18-31-25)24(30)22-14-15-27-22/h4-13,18-19,22,27H,14-17H2,1-3H3. The highest BCUT2D eigenvalue weighted by molar-refractivity contribution is 6.99. The van der Waals surface area contributed by atoms with Gasteiger partial charge in [0.05, 0.1) is 12.1 Å². The van der Waals surface area contributed by atoms with Crippen molar-refractivity contribution < 1.29 is 13.6 Å². The number of carbonyl (C=O) groups excluding carboxylic acids is 1. The van der Waals surface area contributed by atoms with Crippen LogP contribution in [0.3, 0.4) is 0 Å². The van der Waals surface area contributed by atoms with Gasteiger partial charge in [-0.25, -0.2) is 0 Å². The molecule has 33 heavy (non-hydrogen) atoms. The van der Waals surface area contributed by atoms with Crippen LogP contribution in [0.1, 0.15) is 37.7 Å². The van der Waals surface area contributed by atoms with E-state index in [1.54, 1.807) is 0 Å². The molecule has 0 saturated carbocycles. The van der Waals surface area contributed by atoms with Crippen molar-refractivity contribution in [1.82, 2.24) is 10.3 Å². The largest absolute Gasteiger partial charge is 0.431 e. The molecule has 7 heteroatoms. The molecule has 1 atom stereocenters. The predicted octanol–water partition coefficient (Wildman–Crippen LogP) is 2.98. The monoisotopic (exact) mass is 461 g/mol. The van der Waals surface area contributed by atoms with Crippen LogP contribution in [0, 0.1) is 0 Å². The van der Waals surface area contributed by atoms with E-state index in [0.717, 1.165) is 13.0 Å². The van der Waals surface area contributed by atoms with Crippen LogP contribution >= 0.6 is 0 Å². The van der Waals surface area contributed by atoms with Crippen molar-refractivity contribution in [1.29, 1.82) is 0 Å². The minimum atomic E-state index is -2.58. The lowest BCUT2D eigenvalue weighted by atomic mass is 10.0. The first-order valence-electron chi connectivity index (χ1n) is 11.7. The molecule has 2 aliphatic heterocycles. The Labute approximate surface area is 196 Å². The van der Waals surface area contributed by atoms with E-state index in [4.69, 9.17) is 8.84 Å². The highest BCUT2D eigenvalue weighted by Crippen LogP contribution is 2.39. The first kappa shape index (κ1) is 22.1. The van der Waals surface area contributed by atoms with E-state index < -0.39 is 8.32 Å². The maximum atomic E-state index is 12.4. The first-order chi connectivity index (χ1) is 15.9. The lowest BCUT2D eigenvalue weighted by Gasteiger charge is -2.49. The summed E-state index contributed by atoms with van der Waals surface area (Å²) in [5.74, 6) is 0.0110. The Morgan fingerprint density at radius 3 is 2.12 bits per heavy atom. The Bertz CT molecular complexity index is 1060. The van der Waals surface area contributed by atoms with Crippen LogP contribution < -0.4 is 20.6 Å². The van der Waals surface area contributed by atoms with Crippen molar-refractivity contribution in [2.75, 3.05) is 24.5 Å². The molecule has 3 aromatic rings. The van der Waals surface area contributed by atoms with Gasteiger partial charge in [-0.2, -0.15) is 4.98 Å². The van der Waals surface area contributed by atoms with E-state index in [0.29, 0.717) is 24.8 Å². The van der Waals surface area contributed by atoms with Crippen molar-refractivity contribution in [3.8, 4) is 0 Å². The zero-order chi connectivity index (χ0) is 23.1. The summed E-state index contributed by atoms with van der Waals surface area (Å²) in [6, 6.07) is 21.7. The normalized spacial score (nSPS) is 19.1. The summed E-state index contributed by atoms with van der Waals surface area (Å²) in [7, 11) is -2.58. The molecule has 0 amide bonds. The van der Waals surface area contributed by atoms with Crippen molar-refractivity contribution in [2.45, 2.75) is 44.4 Å². The molecule has 2 fully saturated rings. The summed E-state index contributed by atoms with van der Waals surface area (Å²) in [5, 5.41) is 5.62. The van der Waals surface area contributed by atoms with E-state index in [9.17, 15) is 4.79 Å². The third-order valence-corrected chi connectivity index (χ3v) is 11.9. The number of oxazole rings is 1. The van der Waals surface area contributed by atoms with Gasteiger partial charge in [0, 0.05) is 13.1 Å². The van der Waals surface area contributed by atoms with E-state index in [2.05, 4.69) is 91.7 Å². The second-order valence-corrected chi connectivity index (χ2v) is 14.2. The molecule has 5 rings (SSSR count). The second-order valence-electron chi connectivity index (χ2n) is 9.98. The number of ketones is 1. The maximum Gasteiger partial charge on any atom is 0.298 e. The fraction of sp³-hybridized carbons (Fsp3) is 0.385. The molecule has 0 aliphatic carbocycles. The number of hydrogen-bond acceptors (Lipinski definition) is 6. The molecule has 0 radical (unpaired) electrons. The molecular formula is C26H31N3O3Si. The van der Waals surface area contributed by atoms with E-state index in [1.807, 2.05) is 4.90 Å². The quantitative estimate of drug-likeness (QED) is 0.431. The molecule has 2 aliphatic rings. The van der Waals surface area contributed by atoms with Crippen LogP contribution in [0.4, 0.5) is 6.01 Å². The summed E-state index contributed by atoms with van der Waals surface area (Å²) >= 11 is 0. The van der Waals surface area contributed by atoms with Gasteiger partial charge in [0.25, 0.3) is 14.3 Å². The molecule has 172 valence electrons. The average molecular weight is 462 g/mol. The summed E-state index contributed by atoms with van der Waals surface area (Å²) in [6.45, 7) is 9.14. The topological polar surface area (TPSA) is 67.6 Å². The van der Waals surface area contributed by atoms with Gasteiger partial charge in [-0.05, 0) is 28.4 Å². The minimum absolute atomic E-state index is 0.0110. The van der Waals surface area contributed by atoms with Gasteiger partial charge in [0.15, 0.2) is 0 Å². The number of benzene rings is 2. The summed E-state index contributed by atoms with van der Waals surface area (Å²) in [5.41, 5.74) is 0.401. The van der Waals surface area contributed by atoms with Gasteiger partial charge < -0.3 is 19.1 Å². The van der Waals surface area contributed by atoms with Gasteiger partial charge >= 0.3 is 0 Å². The highest BCUT2D eigenvalue weighted by Gasteiger charge is 2.53. The molecular weight excluding hydrogens is 430 g/mol. The Morgan fingerprint density at radius 1 is 1.06 bits per heavy atom. The number of anilines is 1. The zero-order valence-corrected chi connectivity index (χ0v) is 20.5. The number of hydrogen-bond donors (Lipinski definition) is 1. The van der Waals surface area contributed by atoms with Crippen LogP contribution in [0.5, 0.6) is 0 Å². The van der Waals surface area contributed by atoms with Gasteiger partial charge in [-0.15, -0.1) is 0 Å². The zero-order valence-electron chi connectivity index (χ0n) is 19.5. The molecule has 1 unspecified atom stereocenters. The molecule has 6 nitrogen and oxygen atoms in total. The molecule has 2 aromatic carbocycles. The van der Waals surface area contributed by atoms with E-state index in [1.165, 1.54) is 16.6 Å². The number of carbonyl (C=O) groups is 1. The van der Waals surface area contributed by atoms with Crippen molar-refractivity contribution in [3.05, 3.63) is 72.6 Å². The van der Waals surface area contributed by atoms with Gasteiger partial charge in [-0.3, -0.25) is 4.79 Å². The number of nitrogens with one attached hydrogen (secondary N) is 1. The predicted molar refractivity (Wildman–Crippen MR) is 132 cm³/mol. The van der Waals surface area contributed by atoms with Crippen LogP contribution in [0.15, 0.2) is 71.3 Å². The summed E-state index contributed by atoms with van der Waals surface area (Å²) in [6.07, 6.45) is 2.41. The first-order valence-corrected chi connectivity index (χ1v) is 13.6. The molecule has 0 bridgehead atoms. The number of rotatable bonds is 7. The highest BCUT2D eigenvalue weighted by atomic mass is 28.4. The molecule has 1 aromatic heterocycles. The summed E-state index contributed by atoms with van der Waals surface area (Å²) < 4.78 is 12.8. The van der Waals surface area contributed by atoms with Crippen LogP contribution in [0.25, 0.3) is 0 Å². The Morgan fingerprint density at radius 2 is 1.64 bits per heavy atom. The average Bonchev–Trinajstić information content (AvgIpc) is 3.22. The Kier molecular flexibility index (Phi) is 5.72. The fourth-order valence-electron chi connectivity index (χ4n) is 4.82. The van der Waals surface area contributed by atoms with Crippen LogP contribution in [-0.4, -0.2) is 50.9 Å². The van der Waals surface area contributed by atoms with Gasteiger partial charge in [0.2, 0.25) is 5.78 Å². The minimum Gasteiger partial charge on any atom is -0.431 e. The van der Waals surface area contributed by atoms with Crippen molar-refractivity contribution in [3.63, 3.8) is 0 Å². The van der Waals surface area contributed by atoms with Gasteiger partial charge in [-0.1, -0.05) is 81.4 Å². The Hall–Kier alpha value is -2.74. The van der Waals surface area contributed by atoms with E-state index >= 15 is 0 Å². The lowest BCUT2D eigenvalue weighted by Crippen LogP contribution is -2.70. The third-order valence-electron chi connectivity index (χ3n) is 6.76. The lowest BCUT2D eigenvalue weighted by molar-refractivity contribution is 0.0899. The van der Waals surface area contributed by atoms with Crippen LogP contribution in [0.2, 0.25) is 5.04 Å². The van der Waals surface area contributed by atoms with Crippen molar-refractivity contribution >= 4 is 30.5 Å². The maximum absolute atomic E-state index is 12.4. The fourth-order valence-corrected chi connectivity index (χ4v) is 9.49. The molecule has 3 heterocycles.